The number of piperidine rings is 1. The van der Waals surface area contributed by atoms with Gasteiger partial charge in [0, 0.05) is 12.3 Å². The summed E-state index contributed by atoms with van der Waals surface area (Å²) in [4.78, 5) is 15.6. The van der Waals surface area contributed by atoms with E-state index in [0.29, 0.717) is 5.88 Å². The van der Waals surface area contributed by atoms with Gasteiger partial charge in [-0.3, -0.25) is 4.79 Å². The third kappa shape index (κ3) is 2.76. The van der Waals surface area contributed by atoms with Crippen LogP contribution in [0.3, 0.4) is 0 Å². The van der Waals surface area contributed by atoms with Crippen molar-refractivity contribution in [1.29, 1.82) is 0 Å². The lowest BCUT2D eigenvalue weighted by Crippen LogP contribution is -2.33. The topological polar surface area (TPSA) is 51.2 Å². The third-order valence-electron chi connectivity index (χ3n) is 2.52. The Labute approximate surface area is 88.7 Å². The number of hydrogen-bond acceptors (Lipinski definition) is 4. The highest BCUT2D eigenvalue weighted by Crippen LogP contribution is 2.15. The first-order valence-electron chi connectivity index (χ1n) is 5.20. The predicted molar refractivity (Wildman–Crippen MR) is 55.5 cm³/mol. The Bertz CT molecular complexity index is 321. The van der Waals surface area contributed by atoms with E-state index in [0.717, 1.165) is 25.9 Å². The van der Waals surface area contributed by atoms with Crippen molar-refractivity contribution in [2.45, 2.75) is 12.8 Å². The molecule has 15 heavy (non-hydrogen) atoms. The van der Waals surface area contributed by atoms with Gasteiger partial charge >= 0.3 is 5.97 Å². The van der Waals surface area contributed by atoms with Crippen molar-refractivity contribution in [1.82, 2.24) is 10.3 Å². The van der Waals surface area contributed by atoms with Crippen molar-refractivity contribution in [2.24, 2.45) is 5.92 Å². The minimum Gasteiger partial charge on any atom is -0.407 e. The van der Waals surface area contributed by atoms with Crippen molar-refractivity contribution in [3.05, 3.63) is 24.4 Å². The van der Waals surface area contributed by atoms with E-state index in [4.69, 9.17) is 4.74 Å². The molecule has 0 amide bonds. The molecule has 4 heteroatoms. The Hall–Kier alpha value is -1.42. The first kappa shape index (κ1) is 10.1. The van der Waals surface area contributed by atoms with Gasteiger partial charge in [0.05, 0.1) is 5.92 Å². The molecular weight excluding hydrogens is 192 g/mol. The number of aromatic nitrogens is 1. The quantitative estimate of drug-likeness (QED) is 0.733. The second-order valence-corrected chi connectivity index (χ2v) is 3.61. The monoisotopic (exact) mass is 206 g/mol. The average Bonchev–Trinajstić information content (AvgIpc) is 2.31. The Morgan fingerprint density at radius 1 is 1.40 bits per heavy atom. The molecule has 2 heterocycles. The minimum absolute atomic E-state index is 0.0215. The van der Waals surface area contributed by atoms with E-state index >= 15 is 0 Å². The molecule has 0 spiro atoms. The molecule has 1 N–H and O–H groups in total. The Morgan fingerprint density at radius 3 is 2.87 bits per heavy atom. The van der Waals surface area contributed by atoms with E-state index in [2.05, 4.69) is 10.3 Å². The maximum absolute atomic E-state index is 11.7. The summed E-state index contributed by atoms with van der Waals surface area (Å²) in [5, 5.41) is 3.21. The molecular formula is C11H14N2O2. The number of rotatable bonds is 2. The van der Waals surface area contributed by atoms with Crippen LogP contribution < -0.4 is 10.1 Å². The van der Waals surface area contributed by atoms with Gasteiger partial charge in [-0.2, -0.15) is 0 Å². The largest absolute Gasteiger partial charge is 0.407 e. The van der Waals surface area contributed by atoms with Crippen LogP contribution in [0.25, 0.3) is 0 Å². The van der Waals surface area contributed by atoms with Gasteiger partial charge in [0.25, 0.3) is 0 Å². The maximum atomic E-state index is 11.7. The van der Waals surface area contributed by atoms with Crippen LogP contribution in [0.1, 0.15) is 12.8 Å². The van der Waals surface area contributed by atoms with E-state index < -0.39 is 0 Å². The van der Waals surface area contributed by atoms with Crippen LogP contribution in [-0.2, 0) is 4.79 Å². The van der Waals surface area contributed by atoms with Crippen LogP contribution >= 0.6 is 0 Å². The molecule has 4 nitrogen and oxygen atoms in total. The normalized spacial score (nSPS) is 17.3. The zero-order valence-corrected chi connectivity index (χ0v) is 8.48. The summed E-state index contributed by atoms with van der Waals surface area (Å²) >= 11 is 0. The molecule has 0 atom stereocenters. The van der Waals surface area contributed by atoms with Crippen molar-refractivity contribution in [3.8, 4) is 5.88 Å². The molecule has 0 saturated carbocycles. The number of nitrogens with one attached hydrogen (secondary N) is 1. The number of carbonyl (C=O) groups is 1. The Kier molecular flexibility index (Phi) is 3.29. The SMILES string of the molecule is O=C(Oc1ccccn1)C1CCNCC1. The first-order valence-corrected chi connectivity index (χ1v) is 5.20. The second kappa shape index (κ2) is 4.89. The molecule has 0 aliphatic carbocycles. The molecule has 0 aromatic carbocycles. The minimum atomic E-state index is -0.157. The smallest absolute Gasteiger partial charge is 0.315 e. The number of esters is 1. The van der Waals surface area contributed by atoms with Gasteiger partial charge < -0.3 is 10.1 Å². The highest BCUT2D eigenvalue weighted by atomic mass is 16.5. The summed E-state index contributed by atoms with van der Waals surface area (Å²) in [6.45, 7) is 1.78. The van der Waals surface area contributed by atoms with Gasteiger partial charge in [-0.15, -0.1) is 0 Å². The Balaban J connectivity index is 1.91. The third-order valence-corrected chi connectivity index (χ3v) is 2.52. The summed E-state index contributed by atoms with van der Waals surface area (Å²) in [6, 6.07) is 5.29. The second-order valence-electron chi connectivity index (χ2n) is 3.61. The van der Waals surface area contributed by atoms with E-state index in [9.17, 15) is 4.79 Å². The van der Waals surface area contributed by atoms with Crippen LogP contribution in [0.2, 0.25) is 0 Å². The summed E-state index contributed by atoms with van der Waals surface area (Å²) in [5.74, 6) is 0.254. The van der Waals surface area contributed by atoms with Crippen LogP contribution in [-0.4, -0.2) is 24.0 Å². The molecule has 80 valence electrons. The molecule has 1 saturated heterocycles. The Morgan fingerprint density at radius 2 is 2.20 bits per heavy atom. The average molecular weight is 206 g/mol. The van der Waals surface area contributed by atoms with Gasteiger partial charge in [0.1, 0.15) is 0 Å². The van der Waals surface area contributed by atoms with Gasteiger partial charge in [0.2, 0.25) is 5.88 Å². The van der Waals surface area contributed by atoms with Crippen molar-refractivity contribution in [2.75, 3.05) is 13.1 Å². The summed E-state index contributed by atoms with van der Waals surface area (Å²) < 4.78 is 5.18. The molecule has 1 aliphatic heterocycles. The number of pyridine rings is 1. The maximum Gasteiger partial charge on any atom is 0.315 e. The lowest BCUT2D eigenvalue weighted by Gasteiger charge is -2.20. The summed E-state index contributed by atoms with van der Waals surface area (Å²) in [6.07, 6.45) is 3.32. The summed E-state index contributed by atoms with van der Waals surface area (Å²) in [7, 11) is 0. The van der Waals surface area contributed by atoms with Crippen LogP contribution in [0.15, 0.2) is 24.4 Å². The fourth-order valence-corrected chi connectivity index (χ4v) is 1.65. The van der Waals surface area contributed by atoms with Gasteiger partial charge in [-0.25, -0.2) is 4.98 Å². The summed E-state index contributed by atoms with van der Waals surface area (Å²) in [5.41, 5.74) is 0. The molecule has 1 fully saturated rings. The molecule has 0 bridgehead atoms. The van der Waals surface area contributed by atoms with E-state index in [1.54, 1.807) is 24.4 Å². The molecule has 2 rings (SSSR count). The number of hydrogen-bond donors (Lipinski definition) is 1. The fourth-order valence-electron chi connectivity index (χ4n) is 1.65. The lowest BCUT2D eigenvalue weighted by atomic mass is 9.99. The molecule has 1 aromatic heterocycles. The first-order chi connectivity index (χ1) is 7.36. The van der Waals surface area contributed by atoms with Gasteiger partial charge in [-0.05, 0) is 32.0 Å². The molecule has 0 radical (unpaired) electrons. The van der Waals surface area contributed by atoms with Gasteiger partial charge in [-0.1, -0.05) is 6.07 Å². The lowest BCUT2D eigenvalue weighted by molar-refractivity contribution is -0.140. The van der Waals surface area contributed by atoms with E-state index in [1.165, 1.54) is 0 Å². The van der Waals surface area contributed by atoms with Crippen molar-refractivity contribution in [3.63, 3.8) is 0 Å². The molecule has 0 unspecified atom stereocenters. The number of ether oxygens (including phenoxy) is 1. The highest BCUT2D eigenvalue weighted by Gasteiger charge is 2.22. The molecule has 1 aromatic rings. The molecule has 1 aliphatic rings. The van der Waals surface area contributed by atoms with E-state index in [1.807, 2.05) is 0 Å². The van der Waals surface area contributed by atoms with Crippen LogP contribution in [0.5, 0.6) is 5.88 Å². The van der Waals surface area contributed by atoms with Crippen LogP contribution in [0, 0.1) is 5.92 Å². The zero-order chi connectivity index (χ0) is 10.5. The van der Waals surface area contributed by atoms with Crippen LogP contribution in [0.4, 0.5) is 0 Å². The van der Waals surface area contributed by atoms with Gasteiger partial charge in [0.15, 0.2) is 0 Å². The van der Waals surface area contributed by atoms with Crippen molar-refractivity contribution >= 4 is 5.97 Å². The van der Waals surface area contributed by atoms with E-state index in [-0.39, 0.29) is 11.9 Å². The fraction of sp³-hybridized carbons (Fsp3) is 0.455. The number of nitrogens with zero attached hydrogens (tertiary/aromatic N) is 1. The zero-order valence-electron chi connectivity index (χ0n) is 8.48. The number of carbonyl (C=O) groups excluding carboxylic acids is 1. The predicted octanol–water partition coefficient (Wildman–Crippen LogP) is 0.987. The highest BCUT2D eigenvalue weighted by molar-refractivity contribution is 5.74. The van der Waals surface area contributed by atoms with Crippen molar-refractivity contribution < 1.29 is 9.53 Å². The standard InChI is InChI=1S/C11H14N2O2/c14-11(9-4-7-12-8-5-9)15-10-3-1-2-6-13-10/h1-3,6,9,12H,4-5,7-8H2.